The zero-order chi connectivity index (χ0) is 19.4. The topological polar surface area (TPSA) is 93.7 Å². The van der Waals surface area contributed by atoms with Gasteiger partial charge >= 0.3 is 6.03 Å². The summed E-state index contributed by atoms with van der Waals surface area (Å²) in [5, 5.41) is 5.66. The van der Waals surface area contributed by atoms with Crippen LogP contribution in [0.15, 0.2) is 47.4 Å². The molecule has 7 nitrogen and oxygen atoms in total. The van der Waals surface area contributed by atoms with E-state index in [0.29, 0.717) is 13.0 Å². The third kappa shape index (κ3) is 4.91. The number of fused-ring (bicyclic) bond motifs is 1. The van der Waals surface area contributed by atoms with E-state index in [1.165, 1.54) is 0 Å². The fraction of sp³-hybridized carbons (Fsp3) is 0.316. The van der Waals surface area contributed by atoms with E-state index in [-0.39, 0.29) is 23.8 Å². The predicted octanol–water partition coefficient (Wildman–Crippen LogP) is 2.42. The number of hydrogen-bond acceptors (Lipinski definition) is 5. The number of sulfone groups is 1. The van der Waals surface area contributed by atoms with Crippen molar-refractivity contribution < 1.29 is 22.7 Å². The summed E-state index contributed by atoms with van der Waals surface area (Å²) in [6.45, 7) is 2.56. The fourth-order valence-corrected chi connectivity index (χ4v) is 3.38. The number of amides is 2. The van der Waals surface area contributed by atoms with Crippen LogP contribution < -0.4 is 20.1 Å². The lowest BCUT2D eigenvalue weighted by atomic mass is 10.1. The molecule has 1 atom stereocenters. The molecule has 2 amide bonds. The molecule has 0 saturated carbocycles. The van der Waals surface area contributed by atoms with Gasteiger partial charge in [0.25, 0.3) is 0 Å². The van der Waals surface area contributed by atoms with Crippen molar-refractivity contribution in [2.45, 2.75) is 24.3 Å². The van der Waals surface area contributed by atoms with Gasteiger partial charge in [-0.1, -0.05) is 18.2 Å². The lowest BCUT2D eigenvalue weighted by molar-refractivity contribution is 0.174. The predicted molar refractivity (Wildman–Crippen MR) is 101 cm³/mol. The Kier molecular flexibility index (Phi) is 5.55. The van der Waals surface area contributed by atoms with Crippen LogP contribution in [0.25, 0.3) is 0 Å². The summed E-state index contributed by atoms with van der Waals surface area (Å²) in [6, 6.07) is 11.7. The lowest BCUT2D eigenvalue weighted by Crippen LogP contribution is -2.38. The molecule has 1 aliphatic heterocycles. The van der Waals surface area contributed by atoms with Crippen LogP contribution >= 0.6 is 0 Å². The van der Waals surface area contributed by atoms with Crippen LogP contribution in [-0.4, -0.2) is 34.0 Å². The maximum absolute atomic E-state index is 12.1. The van der Waals surface area contributed by atoms with Crippen molar-refractivity contribution >= 4 is 15.9 Å². The van der Waals surface area contributed by atoms with Gasteiger partial charge in [-0.3, -0.25) is 0 Å². The average molecular weight is 390 g/mol. The quantitative estimate of drug-likeness (QED) is 0.790. The molecule has 3 rings (SSSR count). The molecule has 1 aliphatic rings. The van der Waals surface area contributed by atoms with Crippen molar-refractivity contribution in [2.75, 3.05) is 19.6 Å². The molecule has 0 bridgehead atoms. The van der Waals surface area contributed by atoms with Crippen molar-refractivity contribution in [3.8, 4) is 11.5 Å². The second-order valence-corrected chi connectivity index (χ2v) is 8.42. The summed E-state index contributed by atoms with van der Waals surface area (Å²) in [5.41, 5.74) is 1.87. The Balaban J connectivity index is 1.47. The van der Waals surface area contributed by atoms with Gasteiger partial charge in [-0.2, -0.15) is 0 Å². The van der Waals surface area contributed by atoms with E-state index in [9.17, 15) is 13.2 Å². The van der Waals surface area contributed by atoms with Crippen LogP contribution in [0.2, 0.25) is 0 Å². The van der Waals surface area contributed by atoms with E-state index in [4.69, 9.17) is 9.47 Å². The molecular formula is C19H22N2O5S. The van der Waals surface area contributed by atoms with Gasteiger partial charge in [-0.25, -0.2) is 13.2 Å². The van der Waals surface area contributed by atoms with E-state index >= 15 is 0 Å². The first-order valence-electron chi connectivity index (χ1n) is 8.56. The van der Waals surface area contributed by atoms with Gasteiger partial charge in [-0.15, -0.1) is 0 Å². The van der Waals surface area contributed by atoms with Gasteiger partial charge in [0, 0.05) is 12.8 Å². The van der Waals surface area contributed by atoms with Crippen LogP contribution in [0.1, 0.15) is 24.1 Å². The van der Waals surface area contributed by atoms with E-state index in [2.05, 4.69) is 10.6 Å². The molecular weight excluding hydrogens is 368 g/mol. The Labute approximate surface area is 158 Å². The number of hydrogen-bond donors (Lipinski definition) is 2. The van der Waals surface area contributed by atoms with Crippen molar-refractivity contribution in [3.63, 3.8) is 0 Å². The Bertz CT molecular complexity index is 926. The molecule has 2 aromatic carbocycles. The normalized spacial score (nSPS) is 13.9. The molecule has 0 aliphatic carbocycles. The summed E-state index contributed by atoms with van der Waals surface area (Å²) in [7, 11) is -3.23. The molecule has 1 unspecified atom stereocenters. The molecule has 0 saturated heterocycles. The highest BCUT2D eigenvalue weighted by Crippen LogP contribution is 2.32. The third-order valence-corrected chi connectivity index (χ3v) is 5.42. The minimum Gasteiger partial charge on any atom is -0.454 e. The fourth-order valence-electron chi connectivity index (χ4n) is 2.75. The molecule has 144 valence electrons. The Morgan fingerprint density at radius 3 is 2.52 bits per heavy atom. The summed E-state index contributed by atoms with van der Waals surface area (Å²) >= 11 is 0. The van der Waals surface area contributed by atoms with Crippen LogP contribution in [0.4, 0.5) is 4.79 Å². The van der Waals surface area contributed by atoms with Gasteiger partial charge in [0.05, 0.1) is 10.9 Å². The van der Waals surface area contributed by atoms with Gasteiger partial charge in [0.1, 0.15) is 0 Å². The second kappa shape index (κ2) is 7.87. The molecule has 8 heteroatoms. The van der Waals surface area contributed by atoms with E-state index in [0.717, 1.165) is 28.9 Å². The first-order chi connectivity index (χ1) is 12.8. The van der Waals surface area contributed by atoms with Crippen molar-refractivity contribution in [1.29, 1.82) is 0 Å². The number of rotatable bonds is 6. The molecule has 0 fully saturated rings. The standard InChI is InChI=1S/C19H22N2O5S/c1-13(15-4-6-16(7-5-15)27(2,23)24)21-19(22)20-10-9-14-3-8-17-18(11-14)26-12-25-17/h3-8,11,13H,9-10,12H2,1-2H3,(H2,20,21,22). The summed E-state index contributed by atoms with van der Waals surface area (Å²) in [6.07, 6.45) is 1.83. The van der Waals surface area contributed by atoms with E-state index in [1.807, 2.05) is 25.1 Å². The highest BCUT2D eigenvalue weighted by Gasteiger charge is 2.14. The largest absolute Gasteiger partial charge is 0.454 e. The van der Waals surface area contributed by atoms with E-state index < -0.39 is 9.84 Å². The molecule has 2 aromatic rings. The molecule has 0 spiro atoms. The number of ether oxygens (including phenoxy) is 2. The number of carbonyl (C=O) groups excluding carboxylic acids is 1. The summed E-state index contributed by atoms with van der Waals surface area (Å²) < 4.78 is 33.6. The zero-order valence-corrected chi connectivity index (χ0v) is 16.0. The molecule has 2 N–H and O–H groups in total. The Morgan fingerprint density at radius 1 is 1.11 bits per heavy atom. The van der Waals surface area contributed by atoms with Crippen molar-refractivity contribution in [2.24, 2.45) is 0 Å². The van der Waals surface area contributed by atoms with Crippen molar-refractivity contribution in [3.05, 3.63) is 53.6 Å². The SMILES string of the molecule is CC(NC(=O)NCCc1ccc2c(c1)OCO2)c1ccc(S(C)(=O)=O)cc1. The average Bonchev–Trinajstić information content (AvgIpc) is 3.09. The zero-order valence-electron chi connectivity index (χ0n) is 15.2. The number of carbonyl (C=O) groups is 1. The molecule has 0 aromatic heterocycles. The number of nitrogens with one attached hydrogen (secondary N) is 2. The Hall–Kier alpha value is -2.74. The highest BCUT2D eigenvalue weighted by atomic mass is 32.2. The second-order valence-electron chi connectivity index (χ2n) is 6.40. The lowest BCUT2D eigenvalue weighted by Gasteiger charge is -2.15. The van der Waals surface area contributed by atoms with Crippen molar-refractivity contribution in [1.82, 2.24) is 10.6 Å². The molecule has 0 radical (unpaired) electrons. The van der Waals surface area contributed by atoms with Gasteiger partial charge in [0.15, 0.2) is 21.3 Å². The third-order valence-electron chi connectivity index (χ3n) is 4.29. The number of urea groups is 1. The van der Waals surface area contributed by atoms with Gasteiger partial charge in [0.2, 0.25) is 6.79 Å². The molecule has 1 heterocycles. The maximum Gasteiger partial charge on any atom is 0.315 e. The van der Waals surface area contributed by atoms with Crippen LogP contribution in [-0.2, 0) is 16.3 Å². The van der Waals surface area contributed by atoms with E-state index in [1.54, 1.807) is 24.3 Å². The minimum atomic E-state index is -3.23. The monoisotopic (exact) mass is 390 g/mol. The number of benzene rings is 2. The minimum absolute atomic E-state index is 0.239. The van der Waals surface area contributed by atoms with Gasteiger partial charge in [-0.05, 0) is 48.7 Å². The Morgan fingerprint density at radius 2 is 1.81 bits per heavy atom. The van der Waals surface area contributed by atoms with Crippen LogP contribution in [0.5, 0.6) is 11.5 Å². The van der Waals surface area contributed by atoms with Crippen LogP contribution in [0.3, 0.4) is 0 Å². The van der Waals surface area contributed by atoms with Gasteiger partial charge < -0.3 is 20.1 Å². The first-order valence-corrected chi connectivity index (χ1v) is 10.4. The molecule has 27 heavy (non-hydrogen) atoms. The first kappa shape index (κ1) is 19.0. The maximum atomic E-state index is 12.1. The highest BCUT2D eigenvalue weighted by molar-refractivity contribution is 7.90. The summed E-state index contributed by atoms with van der Waals surface area (Å²) in [5.74, 6) is 1.46. The van der Waals surface area contributed by atoms with Crippen LogP contribution in [0, 0.1) is 0 Å². The smallest absolute Gasteiger partial charge is 0.315 e. The summed E-state index contributed by atoms with van der Waals surface area (Å²) in [4.78, 5) is 12.3.